The van der Waals surface area contributed by atoms with Crippen molar-refractivity contribution < 1.29 is 127 Å². The Labute approximate surface area is 580 Å². The quantitative estimate of drug-likeness (QED) is 0.0136. The zero-order valence-electron chi connectivity index (χ0n) is 52.8. The fourth-order valence-corrected chi connectivity index (χ4v) is 13.0. The molecule has 96 heavy (non-hydrogen) atoms. The number of nitrogens with one attached hydrogen (secondary N) is 5. The smallest absolute Gasteiger partial charge is 0.691 e. The zero-order valence-corrected chi connectivity index (χ0v) is 56.4. The number of rotatable bonds is 17. The number of phenols is 1. The normalized spacial score (nSPS) is 26.5. The van der Waals surface area contributed by atoms with E-state index in [4.69, 9.17) is 14.7 Å². The van der Waals surface area contributed by atoms with E-state index in [1.807, 2.05) is 24.3 Å². The Morgan fingerprint density at radius 1 is 0.729 bits per heavy atom. The van der Waals surface area contributed by atoms with Gasteiger partial charge in [0, 0.05) is 80.3 Å². The van der Waals surface area contributed by atoms with Crippen molar-refractivity contribution in [2.75, 3.05) is 37.6 Å². The number of nitrogens with zero attached hydrogens (tertiary/aromatic N) is 5. The Morgan fingerprint density at radius 2 is 1.31 bits per heavy atom. The number of hydrogen-bond acceptors (Lipinski definition) is 25. The van der Waals surface area contributed by atoms with Gasteiger partial charge in [-0.15, -0.1) is 14.5 Å². The monoisotopic (exact) mass is 1380 g/mol. The third kappa shape index (κ3) is 18.2. The Bertz CT molecular complexity index is 3570. The maximum absolute atomic E-state index is 14.7. The number of amides is 8. The number of aliphatic hydroxyl groups excluding tert-OH is 6. The van der Waals surface area contributed by atoms with E-state index >= 15 is 0 Å². The minimum Gasteiger partial charge on any atom is -0.691 e. The van der Waals surface area contributed by atoms with Crippen LogP contribution < -0.4 is 76.2 Å². The van der Waals surface area contributed by atoms with Gasteiger partial charge in [-0.1, -0.05) is 72.9 Å². The summed E-state index contributed by atoms with van der Waals surface area (Å²) in [6, 6.07) is 14.1. The van der Waals surface area contributed by atoms with E-state index in [0.29, 0.717) is 15.6 Å². The molecule has 12 unspecified atom stereocenters. The van der Waals surface area contributed by atoms with Crippen LogP contribution in [0.2, 0.25) is 0 Å². The number of aromatic hydroxyl groups is 1. The van der Waals surface area contributed by atoms with Gasteiger partial charge >= 0.3 is 29.6 Å². The summed E-state index contributed by atoms with van der Waals surface area (Å²) in [5.41, 5.74) is 10.0. The van der Waals surface area contributed by atoms with Crippen LogP contribution in [-0.2, 0) is 54.1 Å². The molecule has 8 amide bonds. The van der Waals surface area contributed by atoms with E-state index < -0.39 is 177 Å². The molecular formula is C62H74N11NaO20S2. The van der Waals surface area contributed by atoms with Crippen molar-refractivity contribution in [2.45, 2.75) is 138 Å². The number of nitrogens with two attached hydrogens (primary N) is 1. The number of β-amino-alcohol motifs (C(OH)–C–C–N with tert-alkyl or cyclic N) is 1. The second kappa shape index (κ2) is 33.2. The molecule has 5 heterocycles. The number of carbonyl (C=O) groups is 8. The summed E-state index contributed by atoms with van der Waals surface area (Å²) in [6.45, 7) is 6.58. The molecular weight excluding hydrogens is 1310 g/mol. The van der Waals surface area contributed by atoms with Gasteiger partial charge in [0.15, 0.2) is 11.5 Å². The molecule has 31 nitrogen and oxygen atoms in total. The number of fused-ring (bicyclic) bond motifs is 2. The summed E-state index contributed by atoms with van der Waals surface area (Å²) in [6.07, 6.45) is -13.5. The van der Waals surface area contributed by atoms with Gasteiger partial charge in [0.05, 0.1) is 55.3 Å². The Morgan fingerprint density at radius 3 is 1.93 bits per heavy atom. The van der Waals surface area contributed by atoms with E-state index in [9.17, 15) is 79.4 Å². The van der Waals surface area contributed by atoms with Crippen molar-refractivity contribution in [3.8, 4) is 43.8 Å². The van der Waals surface area contributed by atoms with Crippen LogP contribution >= 0.6 is 23.7 Å². The number of anilines is 1. The van der Waals surface area contributed by atoms with E-state index in [2.05, 4.69) is 89.2 Å². The van der Waals surface area contributed by atoms with Crippen LogP contribution in [0, 0.1) is 5.92 Å². The topological polar surface area (TPSA) is 460 Å². The fourth-order valence-electron chi connectivity index (χ4n) is 11.9. The first-order valence-corrected chi connectivity index (χ1v) is 31.9. The molecule has 4 saturated heterocycles. The number of carbonyl (C=O) groups excluding carboxylic acids is 8. The van der Waals surface area contributed by atoms with Gasteiger partial charge in [-0.25, -0.2) is 0 Å². The first kappa shape index (κ1) is 74.3. The average Bonchev–Trinajstić information content (AvgIpc) is 1.60. The molecule has 0 bridgehead atoms. The summed E-state index contributed by atoms with van der Waals surface area (Å²) >= 11 is 1.29. The molecule has 15 atom stereocenters. The summed E-state index contributed by atoms with van der Waals surface area (Å²) < 4.78 is 15.1. The standard InChI is InChI=1S/C62H75N11O20S2.Na/c1-29-25-73-52(53(29)81)58(86)64-24-40(75)21-42(65-54(82)36-8-12-38(13-9-36)60-70-69-59(94-60)37-10-6-34(7-11-37)35-14-16-39(17-15-35)71-26-30(2)90-31(3)27-71)55(83)66-49(32(4)74)61(87)72-28-41(76)22-43(72)56(84)67-50(57(85)68-51(62(73)88)46(79)23-48(63)80)45(78)19-33-5-18-44(77)47(20-33)91-95-93-92-89;/h5-18,20,29-32,40-43,45-46,49-53,74-79,81,89H,19,21-28H2,1-4H3,(H2,63,80)(H,64,86)(H,65,82)(H,66,83)(H,67,84)(H,68,85);/q;+1/p-1/t29?,30-,31+,32?,40?,41?,42-,43?,45?,46?,49?,50?,51?,52?,53?;/m0./s1. The van der Waals surface area contributed by atoms with Crippen molar-refractivity contribution >= 4 is 76.6 Å². The molecule has 4 aliphatic rings. The molecule has 4 aromatic carbocycles. The number of primary amides is 1. The third-order valence-electron chi connectivity index (χ3n) is 16.7. The molecule has 1 aromatic heterocycles. The third-order valence-corrected chi connectivity index (χ3v) is 18.1. The van der Waals surface area contributed by atoms with E-state index in [1.54, 1.807) is 12.1 Å². The Balaban J connectivity index is 0.0000118. The van der Waals surface area contributed by atoms with Crippen LogP contribution in [0.15, 0.2) is 91.0 Å². The van der Waals surface area contributed by atoms with E-state index in [1.165, 1.54) is 36.5 Å². The summed E-state index contributed by atoms with van der Waals surface area (Å²) in [5, 5.41) is 114. The maximum atomic E-state index is 14.7. The van der Waals surface area contributed by atoms with Crippen molar-refractivity contribution in [2.24, 2.45) is 11.7 Å². The number of phenolic OH excluding ortho intramolecular Hbond substituents is 1. The average molecular weight is 1380 g/mol. The van der Waals surface area contributed by atoms with Crippen LogP contribution in [0.1, 0.15) is 62.9 Å². The second-order valence-electron chi connectivity index (χ2n) is 24.0. The molecule has 9 rings (SSSR count). The predicted molar refractivity (Wildman–Crippen MR) is 336 cm³/mol. The minimum atomic E-state index is -2.23. The van der Waals surface area contributed by atoms with Gasteiger partial charge in [-0.2, -0.15) is 0 Å². The van der Waals surface area contributed by atoms with Gasteiger partial charge < -0.3 is 96.9 Å². The largest absolute Gasteiger partial charge is 1.00 e. The summed E-state index contributed by atoms with van der Waals surface area (Å²) in [5.74, 6) is -11.2. The minimum absolute atomic E-state index is 0. The van der Waals surface area contributed by atoms with Crippen LogP contribution in [0.5, 0.6) is 11.5 Å². The first-order valence-electron chi connectivity index (χ1n) is 30.4. The molecule has 4 fully saturated rings. The SMILES string of the molecule is CC(O)C1NC(=O)[C@@H](NC(=O)c2ccc(-c3nnc(-c4ccc(-c5ccc(N6C[C@@H](C)O[C@@H](C)C6)cc5)cc4)s3)cc2)CC(O)CNC(=O)C2C(O)C(C)CN2C(=O)C(C(O)CC(N)=O)NC(=O)C(C(O)Cc2ccc(O)c(OSOO[O-])c2)NC(=O)C2CC(O)CN2C1=O.[Na+]. The van der Waals surface area contributed by atoms with E-state index in [0.717, 1.165) is 64.3 Å². The number of ether oxygens (including phenoxy) is 1. The second-order valence-corrected chi connectivity index (χ2v) is 25.5. The molecule has 0 radical (unpaired) electrons. The molecule has 4 aliphatic heterocycles. The van der Waals surface area contributed by atoms with Gasteiger partial charge in [-0.05, 0) is 73.9 Å². The van der Waals surface area contributed by atoms with Crippen LogP contribution in [0.3, 0.4) is 0 Å². The summed E-state index contributed by atoms with van der Waals surface area (Å²) in [4.78, 5) is 118. The van der Waals surface area contributed by atoms with Crippen LogP contribution in [0.4, 0.5) is 5.69 Å². The van der Waals surface area contributed by atoms with Crippen LogP contribution in [0.25, 0.3) is 32.3 Å². The Hall–Kier alpha value is -7.45. The zero-order chi connectivity index (χ0) is 68.5. The number of benzene rings is 4. The van der Waals surface area contributed by atoms with Crippen molar-refractivity contribution in [3.05, 3.63) is 102 Å². The Kier molecular flexibility index (Phi) is 25.7. The molecule has 510 valence electrons. The molecule has 0 aliphatic carbocycles. The number of hydrogen-bond donors (Lipinski definition) is 13. The molecule has 34 heteroatoms. The molecule has 0 saturated carbocycles. The van der Waals surface area contributed by atoms with E-state index in [-0.39, 0.29) is 71.0 Å². The molecule has 5 aromatic rings. The number of aliphatic hydroxyl groups is 6. The van der Waals surface area contributed by atoms with Crippen molar-refractivity contribution in [3.63, 3.8) is 0 Å². The summed E-state index contributed by atoms with van der Waals surface area (Å²) in [7, 11) is 0. The molecule has 0 spiro atoms. The predicted octanol–water partition coefficient (Wildman–Crippen LogP) is -5.15. The first-order chi connectivity index (χ1) is 45.3. The maximum Gasteiger partial charge on any atom is 1.00 e. The number of aromatic nitrogens is 2. The van der Waals surface area contributed by atoms with Gasteiger partial charge in [0.2, 0.25) is 41.4 Å². The van der Waals surface area contributed by atoms with Gasteiger partial charge in [0.1, 0.15) is 46.3 Å². The fraction of sp³-hybridized carbons (Fsp3) is 0.452. The molecule has 14 N–H and O–H groups in total. The van der Waals surface area contributed by atoms with Crippen molar-refractivity contribution in [1.29, 1.82) is 0 Å². The van der Waals surface area contributed by atoms with Crippen LogP contribution in [-0.4, -0.2) is 221 Å². The number of morpholine rings is 1. The van der Waals surface area contributed by atoms with Gasteiger partial charge in [-0.3, -0.25) is 43.4 Å². The van der Waals surface area contributed by atoms with Gasteiger partial charge in [0.25, 0.3) is 18.2 Å². The van der Waals surface area contributed by atoms with Crippen molar-refractivity contribution in [1.82, 2.24) is 46.6 Å².